The zero-order chi connectivity index (χ0) is 20.8. The second-order valence-electron chi connectivity index (χ2n) is 7.55. The van der Waals surface area contributed by atoms with E-state index < -0.39 is 0 Å². The Hall–Kier alpha value is -1.63. The molecule has 1 fully saturated rings. The molecule has 1 aliphatic rings. The zero-order valence-corrected chi connectivity index (χ0v) is 20.0. The number of halogens is 2. The predicted molar refractivity (Wildman–Crippen MR) is 128 cm³/mol. The summed E-state index contributed by atoms with van der Waals surface area (Å²) < 4.78 is 1.79. The van der Waals surface area contributed by atoms with Crippen LogP contribution in [0, 0.1) is 0 Å². The summed E-state index contributed by atoms with van der Waals surface area (Å²) in [6, 6.07) is 14.4. The Kier molecular flexibility index (Phi) is 7.92. The van der Waals surface area contributed by atoms with Crippen molar-refractivity contribution in [3.05, 3.63) is 68.6 Å². The Balaban J connectivity index is 1.51. The number of hydrogen-bond donors (Lipinski definition) is 1. The van der Waals surface area contributed by atoms with Gasteiger partial charge in [0.05, 0.1) is 5.69 Å². The molecule has 3 rings (SSSR count). The highest BCUT2D eigenvalue weighted by Crippen LogP contribution is 2.35. The fraction of sp³-hybridized carbons (Fsp3) is 0.348. The van der Waals surface area contributed by atoms with Gasteiger partial charge in [-0.15, -0.1) is 0 Å². The van der Waals surface area contributed by atoms with Crippen molar-refractivity contribution in [3.8, 4) is 0 Å². The van der Waals surface area contributed by atoms with Gasteiger partial charge < -0.3 is 10.2 Å². The molecule has 1 saturated heterocycles. The van der Waals surface area contributed by atoms with E-state index in [-0.39, 0.29) is 6.03 Å². The summed E-state index contributed by atoms with van der Waals surface area (Å²) in [5.41, 5.74) is 3.22. The third kappa shape index (κ3) is 6.17. The molecule has 0 spiro atoms. The largest absolute Gasteiger partial charge is 0.322 e. The molecule has 0 radical (unpaired) electrons. The van der Waals surface area contributed by atoms with Crippen LogP contribution in [0.25, 0.3) is 6.08 Å². The van der Waals surface area contributed by atoms with Crippen LogP contribution in [-0.2, 0) is 0 Å². The smallest absolute Gasteiger partial charge is 0.321 e. The van der Waals surface area contributed by atoms with Crippen LogP contribution < -0.4 is 5.32 Å². The minimum absolute atomic E-state index is 0.0526. The van der Waals surface area contributed by atoms with E-state index in [9.17, 15) is 4.79 Å². The monoisotopic (exact) mass is 519 g/mol. The summed E-state index contributed by atoms with van der Waals surface area (Å²) in [5.74, 6) is 0.427. The van der Waals surface area contributed by atoms with Crippen LogP contribution in [0.15, 0.2) is 57.5 Å². The molecule has 0 saturated carbocycles. The van der Waals surface area contributed by atoms with Crippen molar-refractivity contribution in [2.24, 2.45) is 0 Å². The second-order valence-corrected chi connectivity index (χ2v) is 9.25. The van der Waals surface area contributed by atoms with E-state index in [2.05, 4.69) is 92.3 Å². The highest BCUT2D eigenvalue weighted by Gasteiger charge is 2.22. The molecule has 2 aromatic rings. The second kappa shape index (κ2) is 10.4. The van der Waals surface area contributed by atoms with Crippen molar-refractivity contribution < 1.29 is 4.79 Å². The number of benzene rings is 2. The lowest BCUT2D eigenvalue weighted by atomic mass is 10.0. The summed E-state index contributed by atoms with van der Waals surface area (Å²) in [6.07, 6.45) is 4.34. The van der Waals surface area contributed by atoms with Crippen molar-refractivity contribution in [2.75, 3.05) is 38.0 Å². The molecule has 0 aliphatic carbocycles. The van der Waals surface area contributed by atoms with Gasteiger partial charge in [-0.1, -0.05) is 56.3 Å². The average Bonchev–Trinajstić information content (AvgIpc) is 2.71. The molecule has 0 unspecified atom stereocenters. The fourth-order valence-corrected chi connectivity index (χ4v) is 4.69. The van der Waals surface area contributed by atoms with Gasteiger partial charge in [-0.25, -0.2) is 4.79 Å². The third-order valence-corrected chi connectivity index (χ3v) is 6.35. The van der Waals surface area contributed by atoms with E-state index in [1.54, 1.807) is 0 Å². The van der Waals surface area contributed by atoms with Crippen molar-refractivity contribution in [2.45, 2.75) is 19.8 Å². The van der Waals surface area contributed by atoms with Gasteiger partial charge in [0.2, 0.25) is 0 Å². The van der Waals surface area contributed by atoms with Crippen molar-refractivity contribution >= 4 is 49.7 Å². The van der Waals surface area contributed by atoms with Crippen molar-refractivity contribution in [3.63, 3.8) is 0 Å². The van der Waals surface area contributed by atoms with Gasteiger partial charge in [0.1, 0.15) is 0 Å². The number of hydrogen-bond acceptors (Lipinski definition) is 2. The standard InChI is InChI=1S/C23H27Br2N3O/c1-17(2)19-15-20(24)22(21(25)16-19)26-23(29)28-13-11-27(12-14-28)10-6-9-18-7-4-3-5-8-18/h3-9,15-17H,10-14H2,1-2H3,(H,26,29). The van der Waals surface area contributed by atoms with Gasteiger partial charge in [-0.05, 0) is 61.0 Å². The number of anilines is 1. The number of rotatable bonds is 5. The molecule has 154 valence electrons. The quantitative estimate of drug-likeness (QED) is 0.509. The summed E-state index contributed by atoms with van der Waals surface area (Å²) >= 11 is 7.19. The predicted octanol–water partition coefficient (Wildman–Crippen LogP) is 6.20. The van der Waals surface area contributed by atoms with Gasteiger partial charge in [-0.3, -0.25) is 4.90 Å². The lowest BCUT2D eigenvalue weighted by molar-refractivity contribution is 0.156. The maximum atomic E-state index is 12.7. The Morgan fingerprint density at radius 3 is 2.28 bits per heavy atom. The van der Waals surface area contributed by atoms with Crippen LogP contribution >= 0.6 is 31.9 Å². The molecule has 2 aromatic carbocycles. The first-order valence-corrected chi connectivity index (χ1v) is 11.5. The first kappa shape index (κ1) is 22.1. The molecule has 2 amide bonds. The number of carbonyl (C=O) groups excluding carboxylic acids is 1. The van der Waals surface area contributed by atoms with Gasteiger partial charge in [0, 0.05) is 41.7 Å². The number of piperazine rings is 1. The maximum Gasteiger partial charge on any atom is 0.321 e. The summed E-state index contributed by atoms with van der Waals surface area (Å²) in [6.45, 7) is 8.41. The van der Waals surface area contributed by atoms with Crippen molar-refractivity contribution in [1.82, 2.24) is 9.80 Å². The Morgan fingerprint density at radius 1 is 1.07 bits per heavy atom. The summed E-state index contributed by atoms with van der Waals surface area (Å²) in [5, 5.41) is 3.05. The zero-order valence-electron chi connectivity index (χ0n) is 16.9. The number of carbonyl (C=O) groups is 1. The minimum atomic E-state index is -0.0526. The summed E-state index contributed by atoms with van der Waals surface area (Å²) in [4.78, 5) is 17.0. The van der Waals surface area contributed by atoms with E-state index >= 15 is 0 Å². The minimum Gasteiger partial charge on any atom is -0.322 e. The maximum absolute atomic E-state index is 12.7. The Bertz CT molecular complexity index is 837. The number of nitrogens with one attached hydrogen (secondary N) is 1. The van der Waals surface area contributed by atoms with Crippen LogP contribution in [0.3, 0.4) is 0 Å². The molecule has 1 aliphatic heterocycles. The molecule has 1 heterocycles. The van der Waals surface area contributed by atoms with Crippen LogP contribution in [-0.4, -0.2) is 48.6 Å². The molecule has 6 heteroatoms. The molecular formula is C23H27Br2N3O. The van der Waals surface area contributed by atoms with E-state index in [4.69, 9.17) is 0 Å². The highest BCUT2D eigenvalue weighted by atomic mass is 79.9. The molecule has 1 N–H and O–H groups in total. The molecule has 0 atom stereocenters. The summed E-state index contributed by atoms with van der Waals surface area (Å²) in [7, 11) is 0. The average molecular weight is 521 g/mol. The highest BCUT2D eigenvalue weighted by molar-refractivity contribution is 9.11. The van der Waals surface area contributed by atoms with Crippen LogP contribution in [0.1, 0.15) is 30.9 Å². The number of amides is 2. The van der Waals surface area contributed by atoms with E-state index in [1.807, 2.05) is 23.1 Å². The molecule has 0 bridgehead atoms. The molecule has 0 aromatic heterocycles. The molecular weight excluding hydrogens is 494 g/mol. The number of urea groups is 1. The fourth-order valence-electron chi connectivity index (χ4n) is 3.27. The third-order valence-electron chi connectivity index (χ3n) is 5.10. The Labute approximate surface area is 190 Å². The molecule has 29 heavy (non-hydrogen) atoms. The number of nitrogens with zero attached hydrogens (tertiary/aromatic N) is 2. The SMILES string of the molecule is CC(C)c1cc(Br)c(NC(=O)N2CCN(CC=Cc3ccccc3)CC2)c(Br)c1. The van der Waals surface area contributed by atoms with Crippen LogP contribution in [0.4, 0.5) is 10.5 Å². The van der Waals surface area contributed by atoms with Gasteiger partial charge in [-0.2, -0.15) is 0 Å². The lowest BCUT2D eigenvalue weighted by Gasteiger charge is -2.34. The van der Waals surface area contributed by atoms with E-state index in [0.717, 1.165) is 47.4 Å². The molecule has 4 nitrogen and oxygen atoms in total. The van der Waals surface area contributed by atoms with Crippen LogP contribution in [0.5, 0.6) is 0 Å². The first-order chi connectivity index (χ1) is 13.9. The van der Waals surface area contributed by atoms with Crippen molar-refractivity contribution in [1.29, 1.82) is 0 Å². The topological polar surface area (TPSA) is 35.6 Å². The van der Waals surface area contributed by atoms with Gasteiger partial charge >= 0.3 is 6.03 Å². The first-order valence-electron chi connectivity index (χ1n) is 9.93. The van der Waals surface area contributed by atoms with E-state index in [0.29, 0.717) is 5.92 Å². The van der Waals surface area contributed by atoms with E-state index in [1.165, 1.54) is 11.1 Å². The van der Waals surface area contributed by atoms with Crippen LogP contribution in [0.2, 0.25) is 0 Å². The van der Waals surface area contributed by atoms with Gasteiger partial charge in [0.25, 0.3) is 0 Å². The van der Waals surface area contributed by atoms with Gasteiger partial charge in [0.15, 0.2) is 0 Å². The Morgan fingerprint density at radius 2 is 1.69 bits per heavy atom. The lowest BCUT2D eigenvalue weighted by Crippen LogP contribution is -2.50. The normalized spacial score (nSPS) is 15.3.